The highest BCUT2D eigenvalue weighted by Crippen LogP contribution is 2.21. The second-order valence-electron chi connectivity index (χ2n) is 3.90. The topological polar surface area (TPSA) is 61.9 Å². The van der Waals surface area contributed by atoms with Crippen LogP contribution >= 0.6 is 11.6 Å². The summed E-state index contributed by atoms with van der Waals surface area (Å²) in [7, 11) is 0. The van der Waals surface area contributed by atoms with Crippen LogP contribution < -0.4 is 5.32 Å². The van der Waals surface area contributed by atoms with E-state index in [9.17, 15) is 0 Å². The van der Waals surface area contributed by atoms with Gasteiger partial charge in [0.15, 0.2) is 0 Å². The first kappa shape index (κ1) is 12.5. The molecule has 0 fully saturated rings. The van der Waals surface area contributed by atoms with Crippen molar-refractivity contribution in [3.05, 3.63) is 46.1 Å². The van der Waals surface area contributed by atoms with E-state index in [0.29, 0.717) is 28.7 Å². The van der Waals surface area contributed by atoms with Gasteiger partial charge in [-0.2, -0.15) is 5.26 Å². The first-order chi connectivity index (χ1) is 8.60. The molecule has 1 aromatic carbocycles. The Morgan fingerprint density at radius 2 is 2.22 bits per heavy atom. The van der Waals surface area contributed by atoms with Gasteiger partial charge in [-0.3, -0.25) is 0 Å². The quantitative estimate of drug-likeness (QED) is 0.919. The minimum atomic E-state index is 0.420. The second-order valence-corrected chi connectivity index (χ2v) is 4.34. The third-order valence-corrected chi connectivity index (χ3v) is 2.84. The van der Waals surface area contributed by atoms with Gasteiger partial charge in [0, 0.05) is 5.02 Å². The molecule has 0 aliphatic rings. The maximum atomic E-state index is 8.98. The predicted molar refractivity (Wildman–Crippen MR) is 69.5 cm³/mol. The Labute approximate surface area is 110 Å². The van der Waals surface area contributed by atoms with Gasteiger partial charge in [0.2, 0.25) is 5.89 Å². The van der Waals surface area contributed by atoms with Crippen molar-refractivity contribution in [1.29, 1.82) is 5.26 Å². The molecule has 0 saturated heterocycles. The normalized spacial score (nSPS) is 10.1. The molecule has 0 bridgehead atoms. The van der Waals surface area contributed by atoms with E-state index in [2.05, 4.69) is 16.4 Å². The van der Waals surface area contributed by atoms with Gasteiger partial charge < -0.3 is 9.73 Å². The SMILES string of the molecule is Cc1nc(CNc2cc(Cl)ccc2C#N)oc1C. The summed E-state index contributed by atoms with van der Waals surface area (Å²) < 4.78 is 5.45. The number of aryl methyl sites for hydroxylation is 2. The van der Waals surface area contributed by atoms with Gasteiger partial charge >= 0.3 is 0 Å². The fraction of sp³-hybridized carbons (Fsp3) is 0.231. The van der Waals surface area contributed by atoms with E-state index in [4.69, 9.17) is 21.3 Å². The third-order valence-electron chi connectivity index (χ3n) is 2.60. The van der Waals surface area contributed by atoms with Crippen molar-refractivity contribution in [2.45, 2.75) is 20.4 Å². The maximum absolute atomic E-state index is 8.98. The summed E-state index contributed by atoms with van der Waals surface area (Å²) in [6, 6.07) is 7.18. The zero-order chi connectivity index (χ0) is 13.1. The van der Waals surface area contributed by atoms with Crippen LogP contribution in [0.2, 0.25) is 5.02 Å². The van der Waals surface area contributed by atoms with Gasteiger partial charge in [-0.05, 0) is 32.0 Å². The van der Waals surface area contributed by atoms with Crippen LogP contribution in [0.5, 0.6) is 0 Å². The minimum absolute atomic E-state index is 0.420. The third kappa shape index (κ3) is 2.63. The highest BCUT2D eigenvalue weighted by molar-refractivity contribution is 6.30. The number of nitriles is 1. The van der Waals surface area contributed by atoms with Crippen LogP contribution in [0.3, 0.4) is 0 Å². The number of halogens is 1. The molecule has 0 aliphatic heterocycles. The van der Waals surface area contributed by atoms with Crippen molar-refractivity contribution >= 4 is 17.3 Å². The number of aromatic nitrogens is 1. The van der Waals surface area contributed by atoms with E-state index in [0.717, 1.165) is 11.5 Å². The van der Waals surface area contributed by atoms with Gasteiger partial charge in [0.05, 0.1) is 23.5 Å². The smallest absolute Gasteiger partial charge is 0.213 e. The molecular weight excluding hydrogens is 250 g/mol. The zero-order valence-electron chi connectivity index (χ0n) is 10.1. The van der Waals surface area contributed by atoms with Gasteiger partial charge in [-0.15, -0.1) is 0 Å². The van der Waals surface area contributed by atoms with E-state index in [1.807, 2.05) is 13.8 Å². The van der Waals surface area contributed by atoms with Crippen LogP contribution in [-0.4, -0.2) is 4.98 Å². The summed E-state index contributed by atoms with van der Waals surface area (Å²) >= 11 is 5.90. The van der Waals surface area contributed by atoms with E-state index in [-0.39, 0.29) is 0 Å². The number of nitrogens with zero attached hydrogens (tertiary/aromatic N) is 2. The summed E-state index contributed by atoms with van der Waals surface area (Å²) in [5.74, 6) is 1.40. The van der Waals surface area contributed by atoms with Crippen LogP contribution in [0.25, 0.3) is 0 Å². The zero-order valence-corrected chi connectivity index (χ0v) is 10.9. The first-order valence-electron chi connectivity index (χ1n) is 5.46. The van der Waals surface area contributed by atoms with Crippen molar-refractivity contribution in [2.24, 2.45) is 0 Å². The number of hydrogen-bond acceptors (Lipinski definition) is 4. The number of anilines is 1. The molecule has 0 saturated carbocycles. The fourth-order valence-corrected chi connectivity index (χ4v) is 1.72. The number of benzene rings is 1. The maximum Gasteiger partial charge on any atom is 0.213 e. The van der Waals surface area contributed by atoms with Gasteiger partial charge in [0.25, 0.3) is 0 Å². The molecule has 1 N–H and O–H groups in total. The highest BCUT2D eigenvalue weighted by atomic mass is 35.5. The average Bonchev–Trinajstić information content (AvgIpc) is 2.66. The fourth-order valence-electron chi connectivity index (χ4n) is 1.55. The molecule has 0 atom stereocenters. The summed E-state index contributed by atoms with van der Waals surface area (Å²) in [6.07, 6.45) is 0. The van der Waals surface area contributed by atoms with Crippen LogP contribution in [0.15, 0.2) is 22.6 Å². The summed E-state index contributed by atoms with van der Waals surface area (Å²) in [5, 5.41) is 12.7. The Kier molecular flexibility index (Phi) is 3.54. The van der Waals surface area contributed by atoms with Crippen LogP contribution in [0, 0.1) is 25.2 Å². The minimum Gasteiger partial charge on any atom is -0.444 e. The van der Waals surface area contributed by atoms with Crippen LogP contribution in [-0.2, 0) is 6.54 Å². The second kappa shape index (κ2) is 5.11. The molecule has 0 spiro atoms. The monoisotopic (exact) mass is 261 g/mol. The Balaban J connectivity index is 2.15. The van der Waals surface area contributed by atoms with Gasteiger partial charge in [-0.1, -0.05) is 11.6 Å². The Morgan fingerprint density at radius 3 is 2.83 bits per heavy atom. The molecule has 0 radical (unpaired) electrons. The Morgan fingerprint density at radius 1 is 1.44 bits per heavy atom. The standard InChI is InChI=1S/C13H12ClN3O/c1-8-9(2)18-13(17-8)7-16-12-5-11(14)4-3-10(12)6-15/h3-5,16H,7H2,1-2H3. The number of oxazole rings is 1. The summed E-state index contributed by atoms with van der Waals surface area (Å²) in [5.41, 5.74) is 2.09. The molecule has 1 heterocycles. The molecule has 4 nitrogen and oxygen atoms in total. The van der Waals surface area contributed by atoms with Crippen molar-refractivity contribution in [3.8, 4) is 6.07 Å². The van der Waals surface area contributed by atoms with Crippen molar-refractivity contribution < 1.29 is 4.42 Å². The molecule has 2 rings (SSSR count). The summed E-state index contributed by atoms with van der Waals surface area (Å²) in [6.45, 7) is 4.18. The van der Waals surface area contributed by atoms with Crippen molar-refractivity contribution in [3.63, 3.8) is 0 Å². The number of hydrogen-bond donors (Lipinski definition) is 1. The largest absolute Gasteiger partial charge is 0.444 e. The van der Waals surface area contributed by atoms with Gasteiger partial charge in [-0.25, -0.2) is 4.98 Å². The molecule has 2 aromatic rings. The predicted octanol–water partition coefficient (Wildman–Crippen LogP) is 3.43. The van der Waals surface area contributed by atoms with E-state index in [1.165, 1.54) is 0 Å². The van der Waals surface area contributed by atoms with Crippen LogP contribution in [0.4, 0.5) is 5.69 Å². The average molecular weight is 262 g/mol. The molecule has 0 amide bonds. The van der Waals surface area contributed by atoms with Crippen LogP contribution in [0.1, 0.15) is 22.9 Å². The lowest BCUT2D eigenvalue weighted by Crippen LogP contribution is -2.01. The van der Waals surface area contributed by atoms with E-state index < -0.39 is 0 Å². The molecule has 18 heavy (non-hydrogen) atoms. The lowest BCUT2D eigenvalue weighted by molar-refractivity contribution is 0.478. The molecule has 92 valence electrons. The molecule has 0 unspecified atom stereocenters. The molecule has 5 heteroatoms. The molecular formula is C13H12ClN3O. The van der Waals surface area contributed by atoms with E-state index >= 15 is 0 Å². The number of nitrogens with one attached hydrogen (secondary N) is 1. The van der Waals surface area contributed by atoms with Gasteiger partial charge in [0.1, 0.15) is 11.8 Å². The Bertz CT molecular complexity index is 594. The lowest BCUT2D eigenvalue weighted by atomic mass is 10.2. The Hall–Kier alpha value is -1.99. The molecule has 0 aliphatic carbocycles. The highest BCUT2D eigenvalue weighted by Gasteiger charge is 2.07. The van der Waals surface area contributed by atoms with E-state index in [1.54, 1.807) is 18.2 Å². The van der Waals surface area contributed by atoms with Crippen molar-refractivity contribution in [2.75, 3.05) is 5.32 Å². The first-order valence-corrected chi connectivity index (χ1v) is 5.84. The number of rotatable bonds is 3. The van der Waals surface area contributed by atoms with Crippen molar-refractivity contribution in [1.82, 2.24) is 4.98 Å². The lowest BCUT2D eigenvalue weighted by Gasteiger charge is -2.06. The molecule has 1 aromatic heterocycles. The summed E-state index contributed by atoms with van der Waals surface area (Å²) in [4.78, 5) is 4.26.